The molecule has 0 saturated carbocycles. The molecule has 2 heterocycles. The Labute approximate surface area is 148 Å². The molecule has 0 aliphatic carbocycles. The van der Waals surface area contributed by atoms with Crippen molar-refractivity contribution >= 4 is 17.2 Å². The van der Waals surface area contributed by atoms with Gasteiger partial charge in [-0.3, -0.25) is 4.79 Å². The number of thiophene rings is 1. The van der Waals surface area contributed by atoms with E-state index in [4.69, 9.17) is 0 Å². The molecule has 0 spiro atoms. The standard InChI is InChI=1S/C20H26N2OS/c1-16-11-14-24-19(16)20(23)21(2)18-9-6-12-22(15-18)13-10-17-7-4-3-5-8-17/h3-5,7-8,11,14,18H,6,9-10,12-13,15H2,1-2H3/t18-/m0/s1. The second-order valence-corrected chi connectivity index (χ2v) is 7.60. The second kappa shape index (κ2) is 7.95. The topological polar surface area (TPSA) is 23.6 Å². The number of carbonyl (C=O) groups is 1. The maximum Gasteiger partial charge on any atom is 0.264 e. The Morgan fingerprint density at radius 2 is 2.08 bits per heavy atom. The zero-order valence-electron chi connectivity index (χ0n) is 14.6. The molecule has 128 valence electrons. The summed E-state index contributed by atoms with van der Waals surface area (Å²) in [7, 11) is 1.97. The molecule has 0 bridgehead atoms. The van der Waals surface area contributed by atoms with E-state index < -0.39 is 0 Å². The second-order valence-electron chi connectivity index (χ2n) is 6.68. The summed E-state index contributed by atoms with van der Waals surface area (Å²) < 4.78 is 0. The van der Waals surface area contributed by atoms with Crippen molar-refractivity contribution in [2.45, 2.75) is 32.2 Å². The van der Waals surface area contributed by atoms with Crippen molar-refractivity contribution in [1.82, 2.24) is 9.80 Å². The molecule has 2 aromatic rings. The van der Waals surface area contributed by atoms with Crippen molar-refractivity contribution in [3.63, 3.8) is 0 Å². The minimum atomic E-state index is 0.178. The number of benzene rings is 1. The molecule has 24 heavy (non-hydrogen) atoms. The van der Waals surface area contributed by atoms with Gasteiger partial charge >= 0.3 is 0 Å². The molecule has 3 nitrogen and oxygen atoms in total. The minimum Gasteiger partial charge on any atom is -0.337 e. The van der Waals surface area contributed by atoms with Crippen molar-refractivity contribution in [3.05, 3.63) is 57.8 Å². The number of likely N-dealkylation sites (N-methyl/N-ethyl adjacent to an activating group) is 1. The van der Waals surface area contributed by atoms with Gasteiger partial charge in [0.25, 0.3) is 5.91 Å². The lowest BCUT2D eigenvalue weighted by molar-refractivity contribution is 0.0623. The van der Waals surface area contributed by atoms with Crippen LogP contribution in [0.3, 0.4) is 0 Å². The normalized spacial score (nSPS) is 18.5. The van der Waals surface area contributed by atoms with Crippen LogP contribution in [0.2, 0.25) is 0 Å². The fourth-order valence-corrected chi connectivity index (χ4v) is 4.31. The number of carbonyl (C=O) groups excluding carboxylic acids is 1. The summed E-state index contributed by atoms with van der Waals surface area (Å²) in [6.07, 6.45) is 3.35. The van der Waals surface area contributed by atoms with E-state index in [9.17, 15) is 4.79 Å². The lowest BCUT2D eigenvalue weighted by Gasteiger charge is -2.37. The minimum absolute atomic E-state index is 0.178. The summed E-state index contributed by atoms with van der Waals surface area (Å²) in [6, 6.07) is 13.0. The zero-order valence-corrected chi connectivity index (χ0v) is 15.4. The highest BCUT2D eigenvalue weighted by molar-refractivity contribution is 7.12. The smallest absolute Gasteiger partial charge is 0.264 e. The molecule has 0 radical (unpaired) electrons. The lowest BCUT2D eigenvalue weighted by Crippen LogP contribution is -2.48. The molecular weight excluding hydrogens is 316 g/mol. The van der Waals surface area contributed by atoms with Crippen LogP contribution in [0, 0.1) is 6.92 Å². The number of hydrogen-bond acceptors (Lipinski definition) is 3. The van der Waals surface area contributed by atoms with E-state index in [0.717, 1.165) is 42.9 Å². The Morgan fingerprint density at radius 1 is 1.29 bits per heavy atom. The van der Waals surface area contributed by atoms with Gasteiger partial charge in [-0.15, -0.1) is 11.3 Å². The van der Waals surface area contributed by atoms with Crippen LogP contribution in [-0.2, 0) is 6.42 Å². The summed E-state index contributed by atoms with van der Waals surface area (Å²) in [5.74, 6) is 0.178. The van der Waals surface area contributed by atoms with Gasteiger partial charge in [-0.2, -0.15) is 0 Å². The van der Waals surface area contributed by atoms with Crippen molar-refractivity contribution in [3.8, 4) is 0 Å². The van der Waals surface area contributed by atoms with Crippen molar-refractivity contribution in [2.24, 2.45) is 0 Å². The molecule has 1 atom stereocenters. The molecule has 1 aliphatic heterocycles. The SMILES string of the molecule is Cc1ccsc1C(=O)N(C)[C@H]1CCCN(CCc2ccccc2)C1. The first-order chi connectivity index (χ1) is 11.6. The van der Waals surface area contributed by atoms with E-state index in [0.29, 0.717) is 6.04 Å². The molecule has 1 amide bonds. The third kappa shape index (κ3) is 4.05. The van der Waals surface area contributed by atoms with Crippen LogP contribution in [-0.4, -0.2) is 48.4 Å². The molecule has 3 rings (SSSR count). The van der Waals surface area contributed by atoms with E-state index in [1.807, 2.05) is 30.3 Å². The predicted octanol–water partition coefficient (Wildman–Crippen LogP) is 3.84. The van der Waals surface area contributed by atoms with E-state index in [2.05, 4.69) is 35.2 Å². The van der Waals surface area contributed by atoms with E-state index in [1.165, 1.54) is 12.0 Å². The van der Waals surface area contributed by atoms with Gasteiger partial charge in [0.2, 0.25) is 0 Å². The van der Waals surface area contributed by atoms with E-state index in [1.54, 1.807) is 11.3 Å². The van der Waals surface area contributed by atoms with Gasteiger partial charge in [0.05, 0.1) is 4.88 Å². The molecular formula is C20H26N2OS. The van der Waals surface area contributed by atoms with Crippen LogP contribution in [0.25, 0.3) is 0 Å². The van der Waals surface area contributed by atoms with Crippen LogP contribution >= 0.6 is 11.3 Å². The quantitative estimate of drug-likeness (QED) is 0.824. The number of rotatable bonds is 5. The number of aryl methyl sites for hydroxylation is 1. The van der Waals surface area contributed by atoms with Crippen molar-refractivity contribution < 1.29 is 4.79 Å². The summed E-state index contributed by atoms with van der Waals surface area (Å²) in [6.45, 7) is 5.22. The number of likely N-dealkylation sites (tertiary alicyclic amines) is 1. The first-order valence-corrected chi connectivity index (χ1v) is 9.60. The monoisotopic (exact) mass is 342 g/mol. The van der Waals surface area contributed by atoms with Gasteiger partial charge in [-0.05, 0) is 55.3 Å². The van der Waals surface area contributed by atoms with E-state index in [-0.39, 0.29) is 5.91 Å². The number of amides is 1. The molecule has 0 N–H and O–H groups in total. The Bertz CT molecular complexity index is 667. The Morgan fingerprint density at radius 3 is 2.79 bits per heavy atom. The highest BCUT2D eigenvalue weighted by Crippen LogP contribution is 2.22. The number of hydrogen-bond donors (Lipinski definition) is 0. The molecule has 1 saturated heterocycles. The number of piperidine rings is 1. The Hall–Kier alpha value is -1.65. The van der Waals surface area contributed by atoms with Gasteiger partial charge in [-0.25, -0.2) is 0 Å². The molecule has 1 aromatic heterocycles. The maximum atomic E-state index is 12.7. The summed E-state index contributed by atoms with van der Waals surface area (Å²) in [5.41, 5.74) is 2.48. The van der Waals surface area contributed by atoms with Crippen LogP contribution in [0.5, 0.6) is 0 Å². The summed E-state index contributed by atoms with van der Waals surface area (Å²) in [5, 5.41) is 2.00. The van der Waals surface area contributed by atoms with Gasteiger partial charge in [0, 0.05) is 26.2 Å². The van der Waals surface area contributed by atoms with Gasteiger partial charge in [0.1, 0.15) is 0 Å². The molecule has 1 aliphatic rings. The van der Waals surface area contributed by atoms with Gasteiger partial charge in [0.15, 0.2) is 0 Å². The fourth-order valence-electron chi connectivity index (χ4n) is 3.40. The van der Waals surface area contributed by atoms with E-state index >= 15 is 0 Å². The fraction of sp³-hybridized carbons (Fsp3) is 0.450. The summed E-state index contributed by atoms with van der Waals surface area (Å²) >= 11 is 1.55. The summed E-state index contributed by atoms with van der Waals surface area (Å²) in [4.78, 5) is 18.1. The van der Waals surface area contributed by atoms with Crippen molar-refractivity contribution in [2.75, 3.05) is 26.7 Å². The number of nitrogens with zero attached hydrogens (tertiary/aromatic N) is 2. The first-order valence-electron chi connectivity index (χ1n) is 8.72. The van der Waals surface area contributed by atoms with Crippen LogP contribution in [0.15, 0.2) is 41.8 Å². The third-order valence-corrected chi connectivity index (χ3v) is 5.97. The van der Waals surface area contributed by atoms with Crippen LogP contribution in [0.4, 0.5) is 0 Å². The highest BCUT2D eigenvalue weighted by Gasteiger charge is 2.27. The predicted molar refractivity (Wildman–Crippen MR) is 101 cm³/mol. The van der Waals surface area contributed by atoms with Crippen LogP contribution < -0.4 is 0 Å². The Balaban J connectivity index is 1.56. The van der Waals surface area contributed by atoms with Crippen molar-refractivity contribution in [1.29, 1.82) is 0 Å². The average molecular weight is 343 g/mol. The third-order valence-electron chi connectivity index (χ3n) is 4.96. The largest absolute Gasteiger partial charge is 0.337 e. The van der Waals surface area contributed by atoms with Crippen LogP contribution in [0.1, 0.15) is 33.6 Å². The zero-order chi connectivity index (χ0) is 16.9. The van der Waals surface area contributed by atoms with Gasteiger partial charge in [-0.1, -0.05) is 30.3 Å². The highest BCUT2D eigenvalue weighted by atomic mass is 32.1. The average Bonchev–Trinajstić information content (AvgIpc) is 3.06. The molecule has 1 fully saturated rings. The molecule has 0 unspecified atom stereocenters. The molecule has 1 aromatic carbocycles. The maximum absolute atomic E-state index is 12.7. The lowest BCUT2D eigenvalue weighted by atomic mass is 10.0. The first kappa shape index (κ1) is 17.2. The Kier molecular flexibility index (Phi) is 5.69. The van der Waals surface area contributed by atoms with Gasteiger partial charge < -0.3 is 9.80 Å². The molecule has 4 heteroatoms.